The number of aliphatic hydroxyl groups is 3. The maximum atomic E-state index is 11.7. The van der Waals surface area contributed by atoms with Crippen molar-refractivity contribution in [2.45, 2.75) is 204 Å². The summed E-state index contributed by atoms with van der Waals surface area (Å²) >= 11 is 0. The molecule has 0 radical (unpaired) electrons. The van der Waals surface area contributed by atoms with Gasteiger partial charge in [0.05, 0.1) is 42.7 Å². The number of rotatable bonds is 23. The molecule has 3 heterocycles. The Kier molecular flexibility index (Phi) is 17.0. The van der Waals surface area contributed by atoms with Gasteiger partial charge in [0, 0.05) is 12.0 Å². The Balaban J connectivity index is 1.16. The number of esters is 1. The van der Waals surface area contributed by atoms with Crippen LogP contribution in [0.3, 0.4) is 0 Å². The minimum Gasteiger partial charge on any atom is -0.455 e. The molecule has 0 aliphatic carbocycles. The molecule has 0 aromatic carbocycles. The first-order chi connectivity index (χ1) is 20.4. The number of hydrogen-bond donors (Lipinski definition) is 3. The molecule has 3 N–H and O–H groups in total. The van der Waals surface area contributed by atoms with Crippen LogP contribution in [0.25, 0.3) is 0 Å². The smallest absolute Gasteiger partial charge is 0.334 e. The number of carbonyl (C=O) groups is 1. The van der Waals surface area contributed by atoms with Gasteiger partial charge in [0.2, 0.25) is 0 Å². The Hall–Kier alpha value is -0.990. The second-order valence-electron chi connectivity index (χ2n) is 13.3. The molecule has 7 nitrogen and oxygen atoms in total. The van der Waals surface area contributed by atoms with Crippen molar-refractivity contribution < 1.29 is 34.3 Å². The van der Waals surface area contributed by atoms with E-state index >= 15 is 0 Å². The second kappa shape index (κ2) is 20.1. The summed E-state index contributed by atoms with van der Waals surface area (Å²) in [4.78, 5) is 11.7. The van der Waals surface area contributed by atoms with Crippen LogP contribution in [0.5, 0.6) is 0 Å². The van der Waals surface area contributed by atoms with Crippen LogP contribution in [0, 0.1) is 0 Å². The number of cyclic esters (lactones) is 1. The Morgan fingerprint density at radius 2 is 1.14 bits per heavy atom. The molecule has 3 rings (SSSR count). The molecule has 42 heavy (non-hydrogen) atoms. The van der Waals surface area contributed by atoms with E-state index in [9.17, 15) is 20.1 Å². The van der Waals surface area contributed by atoms with Gasteiger partial charge in [-0.15, -0.1) is 0 Å². The molecule has 2 saturated heterocycles. The van der Waals surface area contributed by atoms with Crippen LogP contribution in [0.2, 0.25) is 0 Å². The number of carbonyl (C=O) groups excluding carboxylic acids is 1. The zero-order valence-electron chi connectivity index (χ0n) is 26.7. The lowest BCUT2D eigenvalue weighted by Crippen LogP contribution is -2.33. The number of hydrogen-bond acceptors (Lipinski definition) is 7. The van der Waals surface area contributed by atoms with Crippen LogP contribution in [-0.4, -0.2) is 70.1 Å². The van der Waals surface area contributed by atoms with E-state index in [1.54, 1.807) is 6.08 Å². The quantitative estimate of drug-likeness (QED) is 0.0858. The second-order valence-corrected chi connectivity index (χ2v) is 13.3. The summed E-state index contributed by atoms with van der Waals surface area (Å²) in [5.74, 6) is -0.290. The molecule has 0 aromatic heterocycles. The zero-order chi connectivity index (χ0) is 30.2. The SMILES string of the molecule is CCCCCCCCCC[C@H](O)[C@@H]1CC[C@H]([C@@H]2CC[C@H]([C@H](O)CCCCCCCC[C@H](O)CC3=C[C@@H](C)OC3=O)O2)O1. The average Bonchev–Trinajstić information content (AvgIpc) is 3.72. The van der Waals surface area contributed by atoms with Crippen LogP contribution < -0.4 is 0 Å². The first kappa shape index (κ1) is 35.5. The van der Waals surface area contributed by atoms with Gasteiger partial charge in [0.25, 0.3) is 0 Å². The minimum absolute atomic E-state index is 0.0410. The van der Waals surface area contributed by atoms with Gasteiger partial charge in [-0.3, -0.25) is 0 Å². The third-order valence-electron chi connectivity index (χ3n) is 9.53. The Morgan fingerprint density at radius 3 is 1.60 bits per heavy atom. The predicted molar refractivity (Wildman–Crippen MR) is 166 cm³/mol. The highest BCUT2D eigenvalue weighted by atomic mass is 16.6. The minimum atomic E-state index is -0.482. The third-order valence-corrected chi connectivity index (χ3v) is 9.53. The number of ether oxygens (including phenoxy) is 3. The lowest BCUT2D eigenvalue weighted by Gasteiger charge is -2.24. The van der Waals surface area contributed by atoms with E-state index in [-0.39, 0.29) is 42.6 Å². The zero-order valence-corrected chi connectivity index (χ0v) is 26.7. The van der Waals surface area contributed by atoms with E-state index in [1.807, 2.05) is 6.92 Å². The maximum absolute atomic E-state index is 11.7. The van der Waals surface area contributed by atoms with Gasteiger partial charge in [-0.25, -0.2) is 4.79 Å². The summed E-state index contributed by atoms with van der Waals surface area (Å²) in [7, 11) is 0. The monoisotopic (exact) mass is 594 g/mol. The Bertz CT molecular complexity index is 770. The molecular formula is C35H62O7. The van der Waals surface area contributed by atoms with Gasteiger partial charge in [0.15, 0.2) is 0 Å². The number of aliphatic hydroxyl groups excluding tert-OH is 3. The molecule has 0 spiro atoms. The molecule has 7 heteroatoms. The first-order valence-electron chi connectivity index (χ1n) is 17.6. The van der Waals surface area contributed by atoms with Crippen LogP contribution in [0.1, 0.15) is 155 Å². The molecule has 0 saturated carbocycles. The summed E-state index contributed by atoms with van der Waals surface area (Å²) in [5.41, 5.74) is 0.606. The fourth-order valence-electron chi connectivity index (χ4n) is 6.93. The van der Waals surface area contributed by atoms with Crippen molar-refractivity contribution >= 4 is 5.97 Å². The lowest BCUT2D eigenvalue weighted by molar-refractivity contribution is -0.139. The van der Waals surface area contributed by atoms with Crippen molar-refractivity contribution in [3.05, 3.63) is 11.6 Å². The fourth-order valence-corrected chi connectivity index (χ4v) is 6.93. The van der Waals surface area contributed by atoms with Gasteiger partial charge in [-0.1, -0.05) is 96.8 Å². The van der Waals surface area contributed by atoms with E-state index in [0.717, 1.165) is 83.5 Å². The van der Waals surface area contributed by atoms with Crippen molar-refractivity contribution in [2.24, 2.45) is 0 Å². The van der Waals surface area contributed by atoms with E-state index in [4.69, 9.17) is 14.2 Å². The van der Waals surface area contributed by atoms with Crippen LogP contribution >= 0.6 is 0 Å². The normalized spacial score (nSPS) is 28.2. The van der Waals surface area contributed by atoms with Crippen LogP contribution in [-0.2, 0) is 19.0 Å². The molecule has 2 fully saturated rings. The highest BCUT2D eigenvalue weighted by Crippen LogP contribution is 2.34. The average molecular weight is 595 g/mol. The van der Waals surface area contributed by atoms with E-state index in [1.165, 1.54) is 44.9 Å². The van der Waals surface area contributed by atoms with Gasteiger partial charge in [-0.2, -0.15) is 0 Å². The highest BCUT2D eigenvalue weighted by Gasteiger charge is 2.40. The molecule has 0 amide bonds. The standard InChI is InChI=1S/C35H62O7/c1-3-4-5-6-7-8-12-15-18-29(37)31-20-22-33(41-31)34-23-21-32(42-34)30(38)19-16-13-10-9-11-14-17-28(36)25-27-24-26(2)40-35(27)39/h24,26,28-34,36-38H,3-23,25H2,1-2H3/t26-,28+,29+,30-,31+,32-,33-,34+/m1/s1. The van der Waals surface area contributed by atoms with E-state index < -0.39 is 12.2 Å². The predicted octanol–water partition coefficient (Wildman–Crippen LogP) is 7.08. The molecule has 0 aromatic rings. The fraction of sp³-hybridized carbons (Fsp3) is 0.914. The summed E-state index contributed by atoms with van der Waals surface area (Å²) in [5, 5.41) is 31.6. The summed E-state index contributed by atoms with van der Waals surface area (Å²) < 4.78 is 17.6. The van der Waals surface area contributed by atoms with Gasteiger partial charge >= 0.3 is 5.97 Å². The van der Waals surface area contributed by atoms with Crippen molar-refractivity contribution in [1.82, 2.24) is 0 Å². The van der Waals surface area contributed by atoms with Crippen LogP contribution in [0.15, 0.2) is 11.6 Å². The van der Waals surface area contributed by atoms with Gasteiger partial charge in [-0.05, 0) is 57.9 Å². The van der Waals surface area contributed by atoms with Crippen molar-refractivity contribution in [3.63, 3.8) is 0 Å². The molecule has 0 unspecified atom stereocenters. The van der Waals surface area contributed by atoms with Gasteiger partial charge in [0.1, 0.15) is 6.10 Å². The molecule has 3 aliphatic heterocycles. The largest absolute Gasteiger partial charge is 0.455 e. The summed E-state index contributed by atoms with van der Waals surface area (Å²) in [6, 6.07) is 0. The van der Waals surface area contributed by atoms with Crippen LogP contribution in [0.4, 0.5) is 0 Å². The Morgan fingerprint density at radius 1 is 0.690 bits per heavy atom. The van der Waals surface area contributed by atoms with Crippen molar-refractivity contribution in [2.75, 3.05) is 0 Å². The maximum Gasteiger partial charge on any atom is 0.334 e. The molecule has 244 valence electrons. The molecule has 3 aliphatic rings. The lowest BCUT2D eigenvalue weighted by atomic mass is 10.00. The third kappa shape index (κ3) is 12.9. The number of unbranched alkanes of at least 4 members (excludes halogenated alkanes) is 12. The summed E-state index contributed by atoms with van der Waals surface area (Å²) in [6.07, 6.45) is 23.2. The topological polar surface area (TPSA) is 105 Å². The summed E-state index contributed by atoms with van der Waals surface area (Å²) in [6.45, 7) is 4.08. The van der Waals surface area contributed by atoms with Crippen molar-refractivity contribution in [3.8, 4) is 0 Å². The first-order valence-corrected chi connectivity index (χ1v) is 17.6. The molecule has 8 atom stereocenters. The molecular weight excluding hydrogens is 532 g/mol. The molecule has 0 bridgehead atoms. The van der Waals surface area contributed by atoms with Crippen molar-refractivity contribution in [1.29, 1.82) is 0 Å². The van der Waals surface area contributed by atoms with Gasteiger partial charge < -0.3 is 29.5 Å². The van der Waals surface area contributed by atoms with E-state index in [0.29, 0.717) is 18.4 Å². The highest BCUT2D eigenvalue weighted by molar-refractivity contribution is 5.90. The Labute approximate surface area is 255 Å². The van der Waals surface area contributed by atoms with E-state index in [2.05, 4.69) is 6.92 Å².